The molecule has 0 saturated carbocycles. The first-order valence-electron chi connectivity index (χ1n) is 13.9. The number of aryl methyl sites for hydroxylation is 4. The Morgan fingerprint density at radius 1 is 0.595 bits per heavy atom. The Morgan fingerprint density at radius 2 is 1.05 bits per heavy atom. The van der Waals surface area contributed by atoms with E-state index in [2.05, 4.69) is 31.2 Å². The third-order valence-corrected chi connectivity index (χ3v) is 7.10. The van der Waals surface area contributed by atoms with Crippen molar-refractivity contribution in [2.75, 3.05) is 26.4 Å². The second kappa shape index (κ2) is 18.5. The van der Waals surface area contributed by atoms with E-state index in [1.165, 1.54) is 60.8 Å². The number of aliphatic hydroxyl groups is 4. The molecule has 0 unspecified atom stereocenters. The zero-order valence-electron chi connectivity index (χ0n) is 23.2. The standard InChI is InChI=1S/C19H33NO2.C12H19NO2/c1-2-3-4-5-6-7-10-17-11-8-9-12-18(17)13-14-19(20,15-21)16-22;1-10-2-4-11(5-3-10)6-7-12(13,8-14)9-15/h8-9,11-12,21-22H,2-7,10,13-16,20H2,1H3;2-5,14-15H,6-9,13H2,1H3. The van der Waals surface area contributed by atoms with E-state index >= 15 is 0 Å². The van der Waals surface area contributed by atoms with Crippen LogP contribution in [0.1, 0.15) is 80.5 Å². The molecule has 8 N–H and O–H groups in total. The van der Waals surface area contributed by atoms with Crippen LogP contribution >= 0.6 is 0 Å². The lowest BCUT2D eigenvalue weighted by Gasteiger charge is -2.25. The van der Waals surface area contributed by atoms with Crippen molar-refractivity contribution in [2.45, 2.75) is 95.6 Å². The van der Waals surface area contributed by atoms with Gasteiger partial charge in [0.25, 0.3) is 0 Å². The second-order valence-corrected chi connectivity index (χ2v) is 10.6. The van der Waals surface area contributed by atoms with Gasteiger partial charge in [-0.25, -0.2) is 0 Å². The maximum Gasteiger partial charge on any atom is 0.0633 e. The molecule has 0 amide bonds. The Morgan fingerprint density at radius 3 is 1.57 bits per heavy atom. The number of rotatable bonds is 17. The van der Waals surface area contributed by atoms with Crippen LogP contribution in [0.2, 0.25) is 0 Å². The lowest BCUT2D eigenvalue weighted by molar-refractivity contribution is 0.114. The second-order valence-electron chi connectivity index (χ2n) is 10.6. The fourth-order valence-electron chi connectivity index (χ4n) is 4.09. The number of hydrogen-bond acceptors (Lipinski definition) is 6. The Labute approximate surface area is 224 Å². The third kappa shape index (κ3) is 13.5. The molecule has 0 saturated heterocycles. The van der Waals surface area contributed by atoms with Crippen molar-refractivity contribution < 1.29 is 20.4 Å². The van der Waals surface area contributed by atoms with Gasteiger partial charge in [-0.15, -0.1) is 0 Å². The van der Waals surface area contributed by atoms with Crippen LogP contribution in [0, 0.1) is 6.92 Å². The third-order valence-electron chi connectivity index (χ3n) is 7.10. The largest absolute Gasteiger partial charge is 0.394 e. The van der Waals surface area contributed by atoms with E-state index in [0.29, 0.717) is 12.8 Å². The first-order chi connectivity index (χ1) is 17.7. The molecule has 2 rings (SSSR count). The number of hydrogen-bond donors (Lipinski definition) is 6. The highest BCUT2D eigenvalue weighted by Crippen LogP contribution is 2.18. The number of nitrogens with two attached hydrogens (primary N) is 2. The Bertz CT molecular complexity index is 833. The zero-order valence-corrected chi connectivity index (χ0v) is 23.2. The van der Waals surface area contributed by atoms with Gasteiger partial charge in [0.1, 0.15) is 0 Å². The maximum atomic E-state index is 9.29. The van der Waals surface area contributed by atoms with Crippen molar-refractivity contribution in [3.63, 3.8) is 0 Å². The minimum absolute atomic E-state index is 0.177. The summed E-state index contributed by atoms with van der Waals surface area (Å²) in [5, 5.41) is 36.6. The zero-order chi connectivity index (χ0) is 27.6. The van der Waals surface area contributed by atoms with Crippen molar-refractivity contribution in [2.24, 2.45) is 11.5 Å². The molecule has 6 heteroatoms. The van der Waals surface area contributed by atoms with Gasteiger partial charge in [0, 0.05) is 0 Å². The van der Waals surface area contributed by atoms with E-state index in [-0.39, 0.29) is 26.4 Å². The molecular formula is C31H52N2O4. The molecule has 0 spiro atoms. The fraction of sp³-hybridized carbons (Fsp3) is 0.613. The number of benzene rings is 2. The van der Waals surface area contributed by atoms with Gasteiger partial charge in [-0.2, -0.15) is 0 Å². The van der Waals surface area contributed by atoms with E-state index in [1.807, 2.05) is 31.2 Å². The average molecular weight is 517 g/mol. The summed E-state index contributed by atoms with van der Waals surface area (Å²) in [5.41, 5.74) is 15.1. The molecule has 0 fully saturated rings. The van der Waals surface area contributed by atoms with Gasteiger partial charge >= 0.3 is 0 Å². The van der Waals surface area contributed by atoms with Crippen molar-refractivity contribution in [1.82, 2.24) is 0 Å². The number of aliphatic hydroxyl groups excluding tert-OH is 4. The highest BCUT2D eigenvalue weighted by atomic mass is 16.3. The Balaban J connectivity index is 0.000000397. The predicted molar refractivity (Wildman–Crippen MR) is 154 cm³/mol. The lowest BCUT2D eigenvalue weighted by Crippen LogP contribution is -2.47. The minimum atomic E-state index is -0.868. The van der Waals surface area contributed by atoms with E-state index in [4.69, 9.17) is 21.7 Å². The quantitative estimate of drug-likeness (QED) is 0.177. The van der Waals surface area contributed by atoms with Gasteiger partial charge in [0.15, 0.2) is 0 Å². The Hall–Kier alpha value is -1.80. The smallest absolute Gasteiger partial charge is 0.0633 e. The van der Waals surface area contributed by atoms with Crippen LogP contribution in [-0.4, -0.2) is 57.9 Å². The molecule has 0 aliphatic carbocycles. The normalized spacial score (nSPS) is 11.8. The highest BCUT2D eigenvalue weighted by Gasteiger charge is 2.23. The monoisotopic (exact) mass is 516 g/mol. The molecule has 0 radical (unpaired) electrons. The first kappa shape index (κ1) is 33.2. The van der Waals surface area contributed by atoms with E-state index < -0.39 is 11.1 Å². The van der Waals surface area contributed by atoms with Crippen LogP contribution in [0.4, 0.5) is 0 Å². The summed E-state index contributed by atoms with van der Waals surface area (Å²) in [6.07, 6.45) is 11.7. The molecule has 2 aromatic carbocycles. The van der Waals surface area contributed by atoms with E-state index in [9.17, 15) is 10.2 Å². The molecule has 0 atom stereocenters. The van der Waals surface area contributed by atoms with Gasteiger partial charge < -0.3 is 31.9 Å². The maximum absolute atomic E-state index is 9.29. The molecule has 0 bridgehead atoms. The summed E-state index contributed by atoms with van der Waals surface area (Å²) in [6, 6.07) is 16.7. The highest BCUT2D eigenvalue weighted by molar-refractivity contribution is 5.27. The van der Waals surface area contributed by atoms with Crippen LogP contribution in [0.25, 0.3) is 0 Å². The summed E-state index contributed by atoms with van der Waals surface area (Å²) in [5.74, 6) is 0. The SMILES string of the molecule is CCCCCCCCc1ccccc1CCC(N)(CO)CO.Cc1ccc(CCC(N)(CO)CO)cc1. The van der Waals surface area contributed by atoms with Crippen LogP contribution in [0.5, 0.6) is 0 Å². The van der Waals surface area contributed by atoms with E-state index in [0.717, 1.165) is 19.3 Å². The molecule has 210 valence electrons. The Kier molecular flexibility index (Phi) is 16.6. The molecule has 2 aromatic rings. The average Bonchev–Trinajstić information content (AvgIpc) is 2.94. The van der Waals surface area contributed by atoms with Crippen molar-refractivity contribution >= 4 is 0 Å². The van der Waals surface area contributed by atoms with Crippen molar-refractivity contribution in [3.8, 4) is 0 Å². The fourth-order valence-corrected chi connectivity index (χ4v) is 4.09. The molecule has 0 aliphatic heterocycles. The van der Waals surface area contributed by atoms with Gasteiger partial charge in [0.05, 0.1) is 37.5 Å². The summed E-state index contributed by atoms with van der Waals surface area (Å²) in [4.78, 5) is 0. The van der Waals surface area contributed by atoms with Gasteiger partial charge in [-0.3, -0.25) is 0 Å². The van der Waals surface area contributed by atoms with Crippen LogP contribution < -0.4 is 11.5 Å². The lowest BCUT2D eigenvalue weighted by atomic mass is 9.91. The minimum Gasteiger partial charge on any atom is -0.394 e. The topological polar surface area (TPSA) is 133 Å². The molecule has 37 heavy (non-hydrogen) atoms. The summed E-state index contributed by atoms with van der Waals surface area (Å²) >= 11 is 0. The van der Waals surface area contributed by atoms with Crippen molar-refractivity contribution in [1.29, 1.82) is 0 Å². The number of unbranched alkanes of at least 4 members (excludes halogenated alkanes) is 5. The van der Waals surface area contributed by atoms with Gasteiger partial charge in [0.2, 0.25) is 0 Å². The van der Waals surface area contributed by atoms with E-state index in [1.54, 1.807) is 0 Å². The molecule has 0 heterocycles. The molecular weight excluding hydrogens is 464 g/mol. The van der Waals surface area contributed by atoms with Gasteiger partial charge in [-0.05, 0) is 62.1 Å². The van der Waals surface area contributed by atoms with Crippen LogP contribution in [0.3, 0.4) is 0 Å². The van der Waals surface area contributed by atoms with Crippen LogP contribution in [-0.2, 0) is 19.3 Å². The molecule has 0 aliphatic rings. The van der Waals surface area contributed by atoms with Crippen molar-refractivity contribution in [3.05, 3.63) is 70.8 Å². The molecule has 0 aromatic heterocycles. The summed E-state index contributed by atoms with van der Waals surface area (Å²) in [6.45, 7) is 3.56. The first-order valence-corrected chi connectivity index (χ1v) is 13.9. The van der Waals surface area contributed by atoms with Gasteiger partial charge in [-0.1, -0.05) is 93.1 Å². The summed E-state index contributed by atoms with van der Waals surface area (Å²) < 4.78 is 0. The van der Waals surface area contributed by atoms with Crippen LogP contribution in [0.15, 0.2) is 48.5 Å². The molecule has 6 nitrogen and oxygen atoms in total. The predicted octanol–water partition coefficient (Wildman–Crippen LogP) is 3.81. The summed E-state index contributed by atoms with van der Waals surface area (Å²) in [7, 11) is 0.